The molecule has 0 fully saturated rings. The van der Waals surface area contributed by atoms with Crippen LogP contribution in [0.5, 0.6) is 5.75 Å². The third kappa shape index (κ3) is 5.55. The van der Waals surface area contributed by atoms with Crippen molar-refractivity contribution < 1.29 is 27.5 Å². The fourth-order valence-electron chi connectivity index (χ4n) is 3.22. The fraction of sp³-hybridized carbons (Fsp3) is 0.200. The molecule has 0 aliphatic carbocycles. The van der Waals surface area contributed by atoms with Crippen LogP contribution >= 0.6 is 0 Å². The number of ether oxygens (including phenoxy) is 2. The molecule has 0 radical (unpaired) electrons. The number of benzene rings is 3. The molecule has 1 amide bonds. The van der Waals surface area contributed by atoms with E-state index in [-0.39, 0.29) is 10.5 Å². The Bertz CT molecular complexity index is 1290. The molecule has 0 saturated carbocycles. The number of carbonyl (C=O) groups is 2. The van der Waals surface area contributed by atoms with Crippen LogP contribution in [0.4, 0.5) is 11.4 Å². The first-order chi connectivity index (χ1) is 16.1. The smallest absolute Gasteiger partial charge is 0.337 e. The lowest BCUT2D eigenvalue weighted by Crippen LogP contribution is -2.38. The van der Waals surface area contributed by atoms with E-state index in [0.717, 1.165) is 9.87 Å². The van der Waals surface area contributed by atoms with Gasteiger partial charge in [-0.05, 0) is 67.9 Å². The molecule has 0 atom stereocenters. The van der Waals surface area contributed by atoms with Crippen molar-refractivity contribution in [3.05, 3.63) is 83.4 Å². The first kappa shape index (κ1) is 24.8. The molecular formula is C25H26N2O6S. The van der Waals surface area contributed by atoms with Crippen LogP contribution in [0.1, 0.15) is 21.5 Å². The monoisotopic (exact) mass is 482 g/mol. The predicted molar refractivity (Wildman–Crippen MR) is 130 cm³/mol. The quantitative estimate of drug-likeness (QED) is 0.488. The van der Waals surface area contributed by atoms with Crippen molar-refractivity contribution >= 4 is 33.3 Å². The predicted octanol–water partition coefficient (Wildman–Crippen LogP) is 3.93. The van der Waals surface area contributed by atoms with Gasteiger partial charge < -0.3 is 14.8 Å². The van der Waals surface area contributed by atoms with Gasteiger partial charge in [-0.25, -0.2) is 13.2 Å². The van der Waals surface area contributed by atoms with Crippen molar-refractivity contribution in [2.75, 3.05) is 30.4 Å². The molecule has 0 saturated heterocycles. The second-order valence-electron chi connectivity index (χ2n) is 7.59. The molecule has 3 aromatic carbocycles. The van der Waals surface area contributed by atoms with E-state index in [1.807, 2.05) is 6.92 Å². The Labute approximate surface area is 199 Å². The molecule has 0 aliphatic rings. The van der Waals surface area contributed by atoms with Crippen molar-refractivity contribution in [2.45, 2.75) is 18.7 Å². The van der Waals surface area contributed by atoms with Gasteiger partial charge in [0.2, 0.25) is 5.91 Å². The van der Waals surface area contributed by atoms with E-state index in [1.54, 1.807) is 55.5 Å². The topological polar surface area (TPSA) is 102 Å². The summed E-state index contributed by atoms with van der Waals surface area (Å²) in [6, 6.07) is 17.5. The van der Waals surface area contributed by atoms with E-state index in [0.29, 0.717) is 22.7 Å². The first-order valence-electron chi connectivity index (χ1n) is 10.4. The maximum absolute atomic E-state index is 13.5. The summed E-state index contributed by atoms with van der Waals surface area (Å²) >= 11 is 0. The minimum Gasteiger partial charge on any atom is -0.497 e. The average molecular weight is 483 g/mol. The lowest BCUT2D eigenvalue weighted by Gasteiger charge is -2.24. The maximum Gasteiger partial charge on any atom is 0.337 e. The number of esters is 1. The Morgan fingerprint density at radius 1 is 0.912 bits per heavy atom. The Kier molecular flexibility index (Phi) is 7.57. The van der Waals surface area contributed by atoms with Gasteiger partial charge in [-0.2, -0.15) is 0 Å². The molecular weight excluding hydrogens is 456 g/mol. The van der Waals surface area contributed by atoms with Crippen LogP contribution in [0, 0.1) is 13.8 Å². The number of amides is 1. The van der Waals surface area contributed by atoms with Gasteiger partial charge >= 0.3 is 5.97 Å². The Balaban J connectivity index is 1.95. The van der Waals surface area contributed by atoms with E-state index >= 15 is 0 Å². The highest BCUT2D eigenvalue weighted by atomic mass is 32.2. The normalized spacial score (nSPS) is 10.9. The van der Waals surface area contributed by atoms with Crippen molar-refractivity contribution in [2.24, 2.45) is 0 Å². The zero-order chi connectivity index (χ0) is 24.9. The molecule has 0 unspecified atom stereocenters. The van der Waals surface area contributed by atoms with E-state index in [9.17, 15) is 18.0 Å². The van der Waals surface area contributed by atoms with Crippen LogP contribution in [-0.4, -0.2) is 41.1 Å². The molecule has 34 heavy (non-hydrogen) atoms. The molecule has 0 aliphatic heterocycles. The van der Waals surface area contributed by atoms with Crippen molar-refractivity contribution in [1.29, 1.82) is 0 Å². The Hall–Kier alpha value is -3.85. The molecule has 3 rings (SSSR count). The van der Waals surface area contributed by atoms with Gasteiger partial charge in [0, 0.05) is 5.69 Å². The minimum atomic E-state index is -4.06. The number of aryl methyl sites for hydroxylation is 2. The molecule has 0 heterocycles. The third-order valence-electron chi connectivity index (χ3n) is 5.19. The summed E-state index contributed by atoms with van der Waals surface area (Å²) in [6.45, 7) is 3.14. The number of nitrogens with zero attached hydrogens (tertiary/aromatic N) is 1. The zero-order valence-electron chi connectivity index (χ0n) is 19.4. The van der Waals surface area contributed by atoms with Gasteiger partial charge in [0.05, 0.1) is 30.4 Å². The number of hydrogen-bond acceptors (Lipinski definition) is 6. The summed E-state index contributed by atoms with van der Waals surface area (Å²) in [5, 5.41) is 2.71. The second-order valence-corrected chi connectivity index (χ2v) is 9.45. The van der Waals surface area contributed by atoms with Crippen molar-refractivity contribution in [3.8, 4) is 5.75 Å². The second kappa shape index (κ2) is 10.4. The number of sulfonamides is 1. The molecule has 8 nitrogen and oxygen atoms in total. The third-order valence-corrected chi connectivity index (χ3v) is 6.98. The molecule has 0 spiro atoms. The van der Waals surface area contributed by atoms with E-state index in [4.69, 9.17) is 9.47 Å². The lowest BCUT2D eigenvalue weighted by molar-refractivity contribution is -0.114. The highest BCUT2D eigenvalue weighted by Crippen LogP contribution is 2.26. The highest BCUT2D eigenvalue weighted by molar-refractivity contribution is 7.92. The van der Waals surface area contributed by atoms with Gasteiger partial charge in [0.25, 0.3) is 10.0 Å². The maximum atomic E-state index is 13.5. The fourth-order valence-corrected chi connectivity index (χ4v) is 4.64. The van der Waals surface area contributed by atoms with Crippen LogP contribution in [0.15, 0.2) is 71.6 Å². The number of nitrogens with one attached hydrogen (secondary N) is 1. The summed E-state index contributed by atoms with van der Waals surface area (Å²) in [6.07, 6.45) is 0. The minimum absolute atomic E-state index is 0.0607. The standard InChI is InChI=1S/C25H26N2O6S/c1-17-5-13-22(14-6-17)34(30,31)27(20-9-11-21(32-3)12-10-20)16-24(28)26-23-15-19(25(29)33-4)8-7-18(23)2/h5-15H,16H2,1-4H3,(H,26,28). The van der Waals surface area contributed by atoms with Crippen molar-refractivity contribution in [3.63, 3.8) is 0 Å². The van der Waals surface area contributed by atoms with Crippen LogP contribution in [0.25, 0.3) is 0 Å². The zero-order valence-corrected chi connectivity index (χ0v) is 20.2. The Morgan fingerprint density at radius 3 is 2.15 bits per heavy atom. The van der Waals surface area contributed by atoms with Crippen molar-refractivity contribution in [1.82, 2.24) is 0 Å². The van der Waals surface area contributed by atoms with Crippen LogP contribution < -0.4 is 14.4 Å². The summed E-state index contributed by atoms with van der Waals surface area (Å²) < 4.78 is 37.9. The molecule has 0 aromatic heterocycles. The SMILES string of the molecule is COC(=O)c1ccc(C)c(NC(=O)CN(c2ccc(OC)cc2)S(=O)(=O)c2ccc(C)cc2)c1. The number of methoxy groups -OCH3 is 2. The largest absolute Gasteiger partial charge is 0.497 e. The van der Waals surface area contributed by atoms with Crippen LogP contribution in [0.2, 0.25) is 0 Å². The number of rotatable bonds is 8. The molecule has 178 valence electrons. The van der Waals surface area contributed by atoms with Gasteiger partial charge in [0.1, 0.15) is 12.3 Å². The average Bonchev–Trinajstić information content (AvgIpc) is 2.83. The number of carbonyl (C=O) groups excluding carboxylic acids is 2. The molecule has 9 heteroatoms. The summed E-state index contributed by atoms with van der Waals surface area (Å²) in [5.41, 5.74) is 2.57. The van der Waals surface area contributed by atoms with Gasteiger partial charge in [0.15, 0.2) is 0 Å². The lowest BCUT2D eigenvalue weighted by atomic mass is 10.1. The van der Waals surface area contributed by atoms with E-state index < -0.39 is 28.4 Å². The number of hydrogen-bond donors (Lipinski definition) is 1. The van der Waals surface area contributed by atoms with Gasteiger partial charge in [-0.3, -0.25) is 9.10 Å². The summed E-state index contributed by atoms with van der Waals surface area (Å²) in [4.78, 5) is 24.9. The summed E-state index contributed by atoms with van der Waals surface area (Å²) in [5.74, 6) is -0.565. The highest BCUT2D eigenvalue weighted by Gasteiger charge is 2.27. The first-order valence-corrected chi connectivity index (χ1v) is 11.8. The van der Waals surface area contributed by atoms with Crippen LogP contribution in [0.3, 0.4) is 0 Å². The van der Waals surface area contributed by atoms with E-state index in [1.165, 1.54) is 32.4 Å². The number of anilines is 2. The van der Waals surface area contributed by atoms with Crippen LogP contribution in [-0.2, 0) is 19.6 Å². The molecule has 1 N–H and O–H groups in total. The Morgan fingerprint density at radius 2 is 1.56 bits per heavy atom. The molecule has 0 bridgehead atoms. The molecule has 3 aromatic rings. The van der Waals surface area contributed by atoms with Gasteiger partial charge in [-0.15, -0.1) is 0 Å². The van der Waals surface area contributed by atoms with E-state index in [2.05, 4.69) is 5.32 Å². The summed E-state index contributed by atoms with van der Waals surface area (Å²) in [7, 11) is -1.28. The van der Waals surface area contributed by atoms with Gasteiger partial charge in [-0.1, -0.05) is 23.8 Å².